The average molecular weight is 231 g/mol. The first-order valence-electron chi connectivity index (χ1n) is 5.48. The van der Waals surface area contributed by atoms with Gasteiger partial charge in [0.25, 0.3) is 0 Å². The first kappa shape index (κ1) is 11.3. The minimum Gasteiger partial charge on any atom is -0.358 e. The molecule has 2 aromatic rings. The molecule has 0 aliphatic rings. The van der Waals surface area contributed by atoms with Gasteiger partial charge in [-0.25, -0.2) is 0 Å². The van der Waals surface area contributed by atoms with E-state index < -0.39 is 0 Å². The molecular formula is C12H13N3O2. The maximum absolute atomic E-state index is 12.0. The van der Waals surface area contributed by atoms with Gasteiger partial charge in [-0.3, -0.25) is 14.6 Å². The molecule has 5 nitrogen and oxygen atoms in total. The second kappa shape index (κ2) is 4.78. The molecule has 0 atom stereocenters. The number of anilines is 1. The van der Waals surface area contributed by atoms with Crippen LogP contribution in [0.3, 0.4) is 0 Å². The Kier molecular flexibility index (Phi) is 3.18. The van der Waals surface area contributed by atoms with Gasteiger partial charge in [0.1, 0.15) is 11.2 Å². The lowest BCUT2D eigenvalue weighted by Crippen LogP contribution is -2.18. The van der Waals surface area contributed by atoms with Crippen LogP contribution in [-0.2, 0) is 4.79 Å². The molecular weight excluding hydrogens is 218 g/mol. The molecule has 0 aliphatic heterocycles. The second-order valence-corrected chi connectivity index (χ2v) is 3.73. The first-order chi connectivity index (χ1) is 8.22. The van der Waals surface area contributed by atoms with E-state index in [4.69, 9.17) is 0 Å². The Balaban J connectivity index is 2.39. The molecule has 0 spiro atoms. The summed E-state index contributed by atoms with van der Waals surface area (Å²) in [6, 6.07) is 3.51. The first-order valence-corrected chi connectivity index (χ1v) is 5.48. The number of pyridine rings is 2. The van der Waals surface area contributed by atoms with E-state index in [-0.39, 0.29) is 17.0 Å². The van der Waals surface area contributed by atoms with E-state index in [1.54, 1.807) is 18.3 Å². The number of nitrogens with one attached hydrogen (secondary N) is 2. The number of H-pyrrole nitrogens is 1. The number of carbonyl (C=O) groups is 1. The van der Waals surface area contributed by atoms with Gasteiger partial charge in [-0.15, -0.1) is 0 Å². The molecule has 0 bridgehead atoms. The molecule has 0 saturated heterocycles. The number of hydrogen-bond donors (Lipinski definition) is 2. The van der Waals surface area contributed by atoms with Crippen molar-refractivity contribution in [3.8, 4) is 0 Å². The zero-order chi connectivity index (χ0) is 12.3. The van der Waals surface area contributed by atoms with E-state index in [1.165, 1.54) is 6.20 Å². The van der Waals surface area contributed by atoms with Gasteiger partial charge in [-0.1, -0.05) is 6.92 Å². The van der Waals surface area contributed by atoms with Crippen LogP contribution in [-0.4, -0.2) is 15.9 Å². The highest BCUT2D eigenvalue weighted by Crippen LogP contribution is 2.07. The molecule has 2 rings (SSSR count). The van der Waals surface area contributed by atoms with Crippen molar-refractivity contribution >= 4 is 22.6 Å². The van der Waals surface area contributed by atoms with E-state index in [0.29, 0.717) is 17.5 Å². The molecule has 1 amide bonds. The summed E-state index contributed by atoms with van der Waals surface area (Å²) in [7, 11) is 0. The molecule has 17 heavy (non-hydrogen) atoms. The molecule has 2 heterocycles. The van der Waals surface area contributed by atoms with E-state index in [0.717, 1.165) is 6.42 Å². The Morgan fingerprint density at radius 2 is 2.35 bits per heavy atom. The minimum atomic E-state index is -0.260. The molecule has 0 saturated carbocycles. The topological polar surface area (TPSA) is 74.8 Å². The van der Waals surface area contributed by atoms with Gasteiger partial charge in [0.2, 0.25) is 11.3 Å². The van der Waals surface area contributed by atoms with Crippen LogP contribution in [0.1, 0.15) is 19.8 Å². The molecule has 0 radical (unpaired) electrons. The van der Waals surface area contributed by atoms with Crippen LogP contribution in [0.5, 0.6) is 0 Å². The third kappa shape index (κ3) is 2.33. The SMILES string of the molecule is CCCC(=O)Nc1c[nH]c2cccnc2c1=O. The molecule has 0 aromatic carbocycles. The van der Waals surface area contributed by atoms with Crippen molar-refractivity contribution < 1.29 is 4.79 Å². The fraction of sp³-hybridized carbons (Fsp3) is 0.250. The predicted molar refractivity (Wildman–Crippen MR) is 65.9 cm³/mol. The van der Waals surface area contributed by atoms with Crippen LogP contribution in [0, 0.1) is 0 Å². The summed E-state index contributed by atoms with van der Waals surface area (Å²) in [6.07, 6.45) is 4.20. The number of aromatic nitrogens is 2. The van der Waals surface area contributed by atoms with Gasteiger partial charge in [0.05, 0.1) is 5.52 Å². The number of carbonyl (C=O) groups excluding carboxylic acids is 1. The summed E-state index contributed by atoms with van der Waals surface area (Å²) in [5.74, 6) is -0.159. The van der Waals surface area contributed by atoms with E-state index in [9.17, 15) is 9.59 Å². The lowest BCUT2D eigenvalue weighted by atomic mass is 10.2. The Morgan fingerprint density at radius 1 is 1.53 bits per heavy atom. The largest absolute Gasteiger partial charge is 0.358 e. The number of nitrogens with zero attached hydrogens (tertiary/aromatic N) is 1. The van der Waals surface area contributed by atoms with Crippen molar-refractivity contribution in [3.05, 3.63) is 34.7 Å². The third-order valence-electron chi connectivity index (χ3n) is 2.39. The monoisotopic (exact) mass is 231 g/mol. The summed E-state index contributed by atoms with van der Waals surface area (Å²) >= 11 is 0. The highest BCUT2D eigenvalue weighted by Gasteiger charge is 2.08. The molecule has 0 unspecified atom stereocenters. The number of rotatable bonds is 3. The number of hydrogen-bond acceptors (Lipinski definition) is 3. The normalized spacial score (nSPS) is 10.4. The highest BCUT2D eigenvalue weighted by molar-refractivity contribution is 5.92. The summed E-state index contributed by atoms with van der Waals surface area (Å²) in [4.78, 5) is 30.3. The van der Waals surface area contributed by atoms with Crippen LogP contribution in [0.25, 0.3) is 11.0 Å². The van der Waals surface area contributed by atoms with Gasteiger partial charge in [0, 0.05) is 18.8 Å². The molecule has 0 aliphatic carbocycles. The van der Waals surface area contributed by atoms with Crippen LogP contribution >= 0.6 is 0 Å². The van der Waals surface area contributed by atoms with Gasteiger partial charge >= 0.3 is 0 Å². The predicted octanol–water partition coefficient (Wildman–Crippen LogP) is 1.66. The Morgan fingerprint density at radius 3 is 3.12 bits per heavy atom. The maximum Gasteiger partial charge on any atom is 0.231 e. The van der Waals surface area contributed by atoms with Gasteiger partial charge in [0.15, 0.2) is 0 Å². The van der Waals surface area contributed by atoms with Crippen LogP contribution in [0.15, 0.2) is 29.3 Å². The minimum absolute atomic E-state index is 0.159. The molecule has 5 heteroatoms. The van der Waals surface area contributed by atoms with Crippen molar-refractivity contribution in [2.24, 2.45) is 0 Å². The van der Waals surface area contributed by atoms with E-state index in [2.05, 4.69) is 15.3 Å². The van der Waals surface area contributed by atoms with Crippen LogP contribution < -0.4 is 10.7 Å². The number of fused-ring (bicyclic) bond motifs is 1. The Hall–Kier alpha value is -2.17. The standard InChI is InChI=1S/C12H13N3O2/c1-2-4-10(16)15-9-7-14-8-5-3-6-13-11(8)12(9)17/h3,5-7H,2,4H2,1H3,(H,14,17)(H,15,16). The smallest absolute Gasteiger partial charge is 0.231 e. The third-order valence-corrected chi connectivity index (χ3v) is 2.39. The van der Waals surface area contributed by atoms with Crippen molar-refractivity contribution in [1.82, 2.24) is 9.97 Å². The highest BCUT2D eigenvalue weighted by atomic mass is 16.2. The van der Waals surface area contributed by atoms with Gasteiger partial charge < -0.3 is 10.3 Å². The zero-order valence-corrected chi connectivity index (χ0v) is 9.49. The van der Waals surface area contributed by atoms with Gasteiger partial charge in [-0.05, 0) is 18.6 Å². The zero-order valence-electron chi connectivity index (χ0n) is 9.49. The fourth-order valence-electron chi connectivity index (χ4n) is 1.58. The second-order valence-electron chi connectivity index (χ2n) is 3.73. The summed E-state index contributed by atoms with van der Waals surface area (Å²) in [5.41, 5.74) is 0.978. The Bertz CT molecular complexity index is 604. The van der Waals surface area contributed by atoms with E-state index in [1.807, 2.05) is 6.92 Å². The van der Waals surface area contributed by atoms with Crippen LogP contribution in [0.2, 0.25) is 0 Å². The van der Waals surface area contributed by atoms with Crippen molar-refractivity contribution in [2.75, 3.05) is 5.32 Å². The number of amides is 1. The molecule has 2 N–H and O–H groups in total. The maximum atomic E-state index is 12.0. The average Bonchev–Trinajstić information content (AvgIpc) is 2.33. The van der Waals surface area contributed by atoms with Crippen LogP contribution in [0.4, 0.5) is 5.69 Å². The van der Waals surface area contributed by atoms with Crippen molar-refractivity contribution in [3.63, 3.8) is 0 Å². The lowest BCUT2D eigenvalue weighted by Gasteiger charge is -2.04. The lowest BCUT2D eigenvalue weighted by molar-refractivity contribution is -0.116. The summed E-state index contributed by atoms with van der Waals surface area (Å²) in [5, 5.41) is 2.58. The fourth-order valence-corrected chi connectivity index (χ4v) is 1.58. The number of aromatic amines is 1. The molecule has 0 fully saturated rings. The van der Waals surface area contributed by atoms with Crippen molar-refractivity contribution in [1.29, 1.82) is 0 Å². The molecule has 88 valence electrons. The Labute approximate surface area is 97.9 Å². The summed E-state index contributed by atoms with van der Waals surface area (Å²) < 4.78 is 0. The van der Waals surface area contributed by atoms with Gasteiger partial charge in [-0.2, -0.15) is 0 Å². The summed E-state index contributed by atoms with van der Waals surface area (Å²) in [6.45, 7) is 1.91. The van der Waals surface area contributed by atoms with E-state index >= 15 is 0 Å². The molecule has 2 aromatic heterocycles. The quantitative estimate of drug-likeness (QED) is 0.843. The van der Waals surface area contributed by atoms with Crippen molar-refractivity contribution in [2.45, 2.75) is 19.8 Å².